The molecule has 0 aromatic carbocycles. The highest BCUT2D eigenvalue weighted by Gasteiger charge is 2.48. The summed E-state index contributed by atoms with van der Waals surface area (Å²) in [4.78, 5) is 16.8. The number of ether oxygens (including phenoxy) is 1. The summed E-state index contributed by atoms with van der Waals surface area (Å²) < 4.78 is 10.9. The summed E-state index contributed by atoms with van der Waals surface area (Å²) >= 11 is 0. The van der Waals surface area contributed by atoms with E-state index in [4.69, 9.17) is 9.26 Å². The summed E-state index contributed by atoms with van der Waals surface area (Å²) in [6.07, 6.45) is 7.89. The number of hydrogen-bond donors (Lipinski definition) is 2. The van der Waals surface area contributed by atoms with Crippen molar-refractivity contribution in [1.82, 2.24) is 20.8 Å². The van der Waals surface area contributed by atoms with Crippen molar-refractivity contribution in [3.05, 3.63) is 11.7 Å². The van der Waals surface area contributed by atoms with Gasteiger partial charge in [-0.3, -0.25) is 10.1 Å². The van der Waals surface area contributed by atoms with E-state index in [2.05, 4.69) is 20.8 Å². The maximum Gasteiger partial charge on any atom is 0.237 e. The highest BCUT2D eigenvalue weighted by molar-refractivity contribution is 5.85. The molecule has 3 heterocycles. The number of amides is 1. The molecule has 2 N–H and O–H groups in total. The van der Waals surface area contributed by atoms with Crippen LogP contribution in [0.2, 0.25) is 0 Å². The summed E-state index contributed by atoms with van der Waals surface area (Å²) in [5.74, 6) is 1.91. The number of nitrogens with zero attached hydrogens (tertiary/aromatic N) is 2. The predicted molar refractivity (Wildman–Crippen MR) is 86.2 cm³/mol. The van der Waals surface area contributed by atoms with E-state index in [1.54, 1.807) is 0 Å². The second-order valence-corrected chi connectivity index (χ2v) is 7.39. The Morgan fingerprint density at radius 3 is 2.79 bits per heavy atom. The smallest absolute Gasteiger partial charge is 0.237 e. The van der Waals surface area contributed by atoms with Crippen molar-refractivity contribution in [3.8, 4) is 0 Å². The van der Waals surface area contributed by atoms with Crippen LogP contribution in [0.1, 0.15) is 62.6 Å². The molecule has 2 aliphatic heterocycles. The van der Waals surface area contributed by atoms with Crippen LogP contribution < -0.4 is 10.6 Å². The second kappa shape index (κ2) is 6.80. The van der Waals surface area contributed by atoms with Crippen LogP contribution >= 0.6 is 0 Å². The van der Waals surface area contributed by atoms with Crippen molar-refractivity contribution in [3.63, 3.8) is 0 Å². The van der Waals surface area contributed by atoms with Gasteiger partial charge in [0.25, 0.3) is 0 Å². The maximum absolute atomic E-state index is 12.2. The van der Waals surface area contributed by atoms with E-state index in [-0.39, 0.29) is 17.4 Å². The van der Waals surface area contributed by atoms with Gasteiger partial charge in [-0.2, -0.15) is 4.98 Å². The Balaban J connectivity index is 1.39. The van der Waals surface area contributed by atoms with E-state index in [0.29, 0.717) is 18.3 Å². The number of aromatic nitrogens is 2. The molecule has 1 aliphatic carbocycles. The summed E-state index contributed by atoms with van der Waals surface area (Å²) in [7, 11) is 0. The van der Waals surface area contributed by atoms with Crippen LogP contribution in [0.15, 0.2) is 4.52 Å². The van der Waals surface area contributed by atoms with E-state index < -0.39 is 0 Å². The maximum atomic E-state index is 12.2. The Bertz CT molecular complexity index is 576. The number of hydrogen-bond acceptors (Lipinski definition) is 6. The molecular formula is C17H26N4O3. The number of carbonyl (C=O) groups is 1. The zero-order chi connectivity index (χ0) is 16.4. The van der Waals surface area contributed by atoms with Crippen LogP contribution in [0.5, 0.6) is 0 Å². The van der Waals surface area contributed by atoms with Gasteiger partial charge in [-0.1, -0.05) is 24.4 Å². The summed E-state index contributed by atoms with van der Waals surface area (Å²) in [5, 5.41) is 10.5. The van der Waals surface area contributed by atoms with Gasteiger partial charge >= 0.3 is 0 Å². The molecular weight excluding hydrogens is 308 g/mol. The van der Waals surface area contributed by atoms with Gasteiger partial charge in [0.15, 0.2) is 5.82 Å². The van der Waals surface area contributed by atoms with Crippen molar-refractivity contribution < 1.29 is 14.1 Å². The fourth-order valence-corrected chi connectivity index (χ4v) is 4.35. The third kappa shape index (κ3) is 3.07. The van der Waals surface area contributed by atoms with Gasteiger partial charge in [0.1, 0.15) is 0 Å². The number of rotatable bonds is 4. The Morgan fingerprint density at radius 1 is 1.21 bits per heavy atom. The lowest BCUT2D eigenvalue weighted by Gasteiger charge is -2.36. The van der Waals surface area contributed by atoms with Gasteiger partial charge in [-0.25, -0.2) is 0 Å². The van der Waals surface area contributed by atoms with E-state index in [9.17, 15) is 4.79 Å². The van der Waals surface area contributed by atoms with Gasteiger partial charge in [0.2, 0.25) is 11.8 Å². The lowest BCUT2D eigenvalue weighted by molar-refractivity contribution is -0.122. The SMILES string of the molecule is O=C1NCC2(CCOCC2)C1NCc1noc(C2CCCCC2)n1. The van der Waals surface area contributed by atoms with Crippen molar-refractivity contribution in [2.75, 3.05) is 19.8 Å². The fraction of sp³-hybridized carbons (Fsp3) is 0.824. The topological polar surface area (TPSA) is 89.3 Å². The third-order valence-corrected chi connectivity index (χ3v) is 5.88. The van der Waals surface area contributed by atoms with E-state index in [1.165, 1.54) is 19.3 Å². The summed E-state index contributed by atoms with van der Waals surface area (Å²) in [5.41, 5.74) is -0.0364. The van der Waals surface area contributed by atoms with Crippen molar-refractivity contribution in [1.29, 1.82) is 0 Å². The molecule has 2 saturated heterocycles. The van der Waals surface area contributed by atoms with Crippen molar-refractivity contribution in [2.24, 2.45) is 5.41 Å². The Kier molecular flexibility index (Phi) is 4.54. The molecule has 1 unspecified atom stereocenters. The Morgan fingerprint density at radius 2 is 2.00 bits per heavy atom. The largest absolute Gasteiger partial charge is 0.381 e. The molecule has 1 aromatic heterocycles. The zero-order valence-corrected chi connectivity index (χ0v) is 14.1. The molecule has 132 valence electrons. The first-order chi connectivity index (χ1) is 11.8. The number of carbonyl (C=O) groups excluding carboxylic acids is 1. The minimum absolute atomic E-state index is 0.0364. The Hall–Kier alpha value is -1.47. The summed E-state index contributed by atoms with van der Waals surface area (Å²) in [6, 6.07) is -0.196. The van der Waals surface area contributed by atoms with Gasteiger partial charge in [0.05, 0.1) is 12.6 Å². The quantitative estimate of drug-likeness (QED) is 0.867. The van der Waals surface area contributed by atoms with Crippen LogP contribution in [0.25, 0.3) is 0 Å². The molecule has 7 nitrogen and oxygen atoms in total. The molecule has 0 bridgehead atoms. The molecule has 24 heavy (non-hydrogen) atoms. The first-order valence-electron chi connectivity index (χ1n) is 9.18. The van der Waals surface area contributed by atoms with Crippen LogP contribution in [0, 0.1) is 5.41 Å². The number of nitrogens with one attached hydrogen (secondary N) is 2. The first-order valence-corrected chi connectivity index (χ1v) is 9.18. The van der Waals surface area contributed by atoms with Crippen molar-refractivity contribution >= 4 is 5.91 Å². The van der Waals surface area contributed by atoms with E-state index in [1.807, 2.05) is 0 Å². The monoisotopic (exact) mass is 334 g/mol. The predicted octanol–water partition coefficient (Wildman–Crippen LogP) is 1.50. The highest BCUT2D eigenvalue weighted by Crippen LogP contribution is 2.37. The molecule has 3 aliphatic rings. The van der Waals surface area contributed by atoms with Crippen LogP contribution in [0.4, 0.5) is 0 Å². The fourth-order valence-electron chi connectivity index (χ4n) is 4.35. The van der Waals surface area contributed by atoms with Crippen LogP contribution in [-0.4, -0.2) is 41.8 Å². The first kappa shape index (κ1) is 16.0. The third-order valence-electron chi connectivity index (χ3n) is 5.88. The van der Waals surface area contributed by atoms with Gasteiger partial charge in [-0.15, -0.1) is 0 Å². The highest BCUT2D eigenvalue weighted by atomic mass is 16.5. The van der Waals surface area contributed by atoms with Gasteiger partial charge in [0, 0.05) is 31.1 Å². The molecule has 1 spiro atoms. The Labute approximate surface area is 141 Å². The molecule has 7 heteroatoms. The molecule has 1 aromatic rings. The molecule has 1 saturated carbocycles. The zero-order valence-electron chi connectivity index (χ0n) is 14.1. The second-order valence-electron chi connectivity index (χ2n) is 7.39. The van der Waals surface area contributed by atoms with Crippen LogP contribution in [0.3, 0.4) is 0 Å². The molecule has 1 atom stereocenters. The van der Waals surface area contributed by atoms with E-state index in [0.717, 1.165) is 51.3 Å². The average molecular weight is 334 g/mol. The lowest BCUT2D eigenvalue weighted by Crippen LogP contribution is -2.49. The summed E-state index contributed by atoms with van der Waals surface area (Å²) in [6.45, 7) is 2.64. The molecule has 4 rings (SSSR count). The molecule has 0 radical (unpaired) electrons. The van der Waals surface area contributed by atoms with Crippen LogP contribution in [-0.2, 0) is 16.1 Å². The minimum atomic E-state index is -0.196. The standard InChI is InChI=1S/C17H26N4O3/c22-15-14(17(11-19-15)6-8-23-9-7-17)18-10-13-20-16(24-21-13)12-4-2-1-3-5-12/h12,14,18H,1-11H2,(H,19,22). The van der Waals surface area contributed by atoms with Gasteiger partial charge in [-0.05, 0) is 25.7 Å². The lowest BCUT2D eigenvalue weighted by atomic mass is 9.76. The van der Waals surface area contributed by atoms with E-state index >= 15 is 0 Å². The van der Waals surface area contributed by atoms with Crippen molar-refractivity contribution in [2.45, 2.75) is 63.5 Å². The molecule has 1 amide bonds. The molecule has 3 fully saturated rings. The average Bonchev–Trinajstić information content (AvgIpc) is 3.21. The minimum Gasteiger partial charge on any atom is -0.381 e. The van der Waals surface area contributed by atoms with Gasteiger partial charge < -0.3 is 14.6 Å². The normalized spacial score (nSPS) is 27.5.